The average Bonchev–Trinajstić information content (AvgIpc) is 3.37. The van der Waals surface area contributed by atoms with Gasteiger partial charge >= 0.3 is 6.01 Å². The maximum atomic E-state index is 12.4. The minimum atomic E-state index is -0.350. The zero-order valence-corrected chi connectivity index (χ0v) is 18.1. The molecule has 1 N–H and O–H groups in total. The lowest BCUT2D eigenvalue weighted by Crippen LogP contribution is -2.31. The lowest BCUT2D eigenvalue weighted by atomic mass is 10.1. The van der Waals surface area contributed by atoms with Crippen molar-refractivity contribution in [3.05, 3.63) is 70.9 Å². The number of nitrogens with zero attached hydrogens (tertiary/aromatic N) is 4. The zero-order valence-electron chi connectivity index (χ0n) is 18.1. The molecular weight excluding hydrogens is 410 g/mol. The molecule has 1 atom stereocenters. The number of carbonyl (C=O) groups excluding carboxylic acids is 2. The van der Waals surface area contributed by atoms with E-state index in [9.17, 15) is 9.59 Å². The van der Waals surface area contributed by atoms with Gasteiger partial charge in [-0.15, -0.1) is 0 Å². The smallest absolute Gasteiger partial charge is 0.317 e. The average molecular weight is 435 g/mol. The summed E-state index contributed by atoms with van der Waals surface area (Å²) in [5, 5.41) is 6.65. The van der Waals surface area contributed by atoms with E-state index in [0.717, 1.165) is 17.0 Å². The number of aryl methyl sites for hydroxylation is 2. The number of hydrogen-bond acceptors (Lipinski definition) is 7. The molecule has 9 nitrogen and oxygen atoms in total. The second-order valence-electron chi connectivity index (χ2n) is 7.94. The van der Waals surface area contributed by atoms with Crippen LogP contribution in [-0.2, 0) is 17.9 Å². The maximum absolute atomic E-state index is 12.4. The summed E-state index contributed by atoms with van der Waals surface area (Å²) in [6.07, 6.45) is 0.418. The Morgan fingerprint density at radius 3 is 2.69 bits per heavy atom. The first-order valence-corrected chi connectivity index (χ1v) is 10.5. The van der Waals surface area contributed by atoms with Gasteiger partial charge in [-0.2, -0.15) is 0 Å². The summed E-state index contributed by atoms with van der Waals surface area (Å²) in [4.78, 5) is 35.0. The summed E-state index contributed by atoms with van der Waals surface area (Å²) in [6.45, 7) is 5.37. The molecule has 3 heterocycles. The first-order chi connectivity index (χ1) is 15.5. The zero-order chi connectivity index (χ0) is 22.5. The Labute approximate surface area is 185 Å². The fourth-order valence-electron chi connectivity index (χ4n) is 3.66. The Bertz CT molecular complexity index is 1080. The summed E-state index contributed by atoms with van der Waals surface area (Å²) in [5.41, 5.74) is 2.86. The maximum Gasteiger partial charge on any atom is 0.317 e. The van der Waals surface area contributed by atoms with Crippen LogP contribution in [0.2, 0.25) is 0 Å². The van der Waals surface area contributed by atoms with Gasteiger partial charge in [0.05, 0.1) is 0 Å². The number of nitrogens with one attached hydrogen (secondary N) is 1. The molecule has 0 spiro atoms. The number of hydrogen-bond donors (Lipinski definition) is 1. The summed E-state index contributed by atoms with van der Waals surface area (Å²) in [6, 6.07) is 13.5. The van der Waals surface area contributed by atoms with Crippen molar-refractivity contribution in [2.45, 2.75) is 33.4 Å². The molecule has 4 rings (SSSR count). The van der Waals surface area contributed by atoms with Gasteiger partial charge in [-0.25, -0.2) is 9.97 Å². The van der Waals surface area contributed by atoms with Gasteiger partial charge in [0.25, 0.3) is 5.91 Å². The summed E-state index contributed by atoms with van der Waals surface area (Å²) >= 11 is 0. The van der Waals surface area contributed by atoms with E-state index in [1.807, 2.05) is 55.1 Å². The first-order valence-electron chi connectivity index (χ1n) is 10.5. The quantitative estimate of drug-likeness (QED) is 0.579. The number of amides is 2. The van der Waals surface area contributed by atoms with Gasteiger partial charge in [-0.3, -0.25) is 9.59 Å². The van der Waals surface area contributed by atoms with Crippen LogP contribution in [0.15, 0.2) is 47.0 Å². The van der Waals surface area contributed by atoms with E-state index < -0.39 is 0 Å². The number of likely N-dealkylation sites (tertiary alicyclic amines) is 1. The van der Waals surface area contributed by atoms with Gasteiger partial charge in [0.2, 0.25) is 5.91 Å². The number of carbonyl (C=O) groups is 2. The van der Waals surface area contributed by atoms with E-state index in [2.05, 4.69) is 20.4 Å². The van der Waals surface area contributed by atoms with Crippen LogP contribution >= 0.6 is 0 Å². The second-order valence-corrected chi connectivity index (χ2v) is 7.94. The van der Waals surface area contributed by atoms with Crippen LogP contribution in [0.25, 0.3) is 0 Å². The highest BCUT2D eigenvalue weighted by Gasteiger charge is 2.30. The van der Waals surface area contributed by atoms with E-state index in [1.165, 1.54) is 6.07 Å². The van der Waals surface area contributed by atoms with Crippen LogP contribution in [-0.4, -0.2) is 44.9 Å². The Morgan fingerprint density at radius 1 is 1.19 bits per heavy atom. The highest BCUT2D eigenvalue weighted by atomic mass is 16.5. The Hall–Kier alpha value is -3.75. The predicted octanol–water partition coefficient (Wildman–Crippen LogP) is 2.44. The van der Waals surface area contributed by atoms with Gasteiger partial charge < -0.3 is 19.5 Å². The SMILES string of the molecule is Cc1cc(C)nc(OCc2cc(C(=O)NCC3CC(=O)N(Cc4ccccc4)C3)no2)n1. The molecule has 3 aromatic rings. The van der Waals surface area contributed by atoms with Crippen LogP contribution in [0.3, 0.4) is 0 Å². The first kappa shape index (κ1) is 21.5. The number of benzene rings is 1. The van der Waals surface area contributed by atoms with Crippen molar-refractivity contribution in [1.29, 1.82) is 0 Å². The van der Waals surface area contributed by atoms with E-state index >= 15 is 0 Å². The lowest BCUT2D eigenvalue weighted by molar-refractivity contribution is -0.128. The van der Waals surface area contributed by atoms with Crippen molar-refractivity contribution < 1.29 is 18.8 Å². The molecule has 1 aromatic carbocycles. The normalized spacial score (nSPS) is 15.8. The number of rotatable bonds is 8. The van der Waals surface area contributed by atoms with E-state index in [1.54, 1.807) is 0 Å². The molecule has 2 amide bonds. The largest absolute Gasteiger partial charge is 0.455 e. The monoisotopic (exact) mass is 435 g/mol. The van der Waals surface area contributed by atoms with Crippen LogP contribution in [0, 0.1) is 19.8 Å². The van der Waals surface area contributed by atoms with Crippen molar-refractivity contribution in [3.63, 3.8) is 0 Å². The standard InChI is InChI=1S/C23H25N5O4/c1-15-8-16(2)26-23(25-15)31-14-19-10-20(27-32-19)22(30)24-11-18-9-21(29)28(13-18)12-17-6-4-3-5-7-17/h3-8,10,18H,9,11-14H2,1-2H3,(H,24,30). The summed E-state index contributed by atoms with van der Waals surface area (Å²) in [5.74, 6) is 0.203. The topological polar surface area (TPSA) is 110 Å². The lowest BCUT2D eigenvalue weighted by Gasteiger charge is -2.16. The summed E-state index contributed by atoms with van der Waals surface area (Å²) in [7, 11) is 0. The van der Waals surface area contributed by atoms with E-state index in [-0.39, 0.29) is 36.0 Å². The van der Waals surface area contributed by atoms with Crippen LogP contribution < -0.4 is 10.1 Å². The fourth-order valence-corrected chi connectivity index (χ4v) is 3.66. The molecule has 1 aliphatic heterocycles. The van der Waals surface area contributed by atoms with E-state index in [4.69, 9.17) is 9.26 Å². The van der Waals surface area contributed by atoms with Gasteiger partial charge in [0.15, 0.2) is 18.1 Å². The van der Waals surface area contributed by atoms with Crippen molar-refractivity contribution in [1.82, 2.24) is 25.3 Å². The number of aromatic nitrogens is 3. The third-order valence-electron chi connectivity index (χ3n) is 5.16. The van der Waals surface area contributed by atoms with Crippen LogP contribution in [0.4, 0.5) is 0 Å². The van der Waals surface area contributed by atoms with Crippen LogP contribution in [0.1, 0.15) is 39.6 Å². The molecule has 2 aromatic heterocycles. The van der Waals surface area contributed by atoms with Crippen molar-refractivity contribution in [3.8, 4) is 6.01 Å². The molecule has 1 fully saturated rings. The molecule has 0 radical (unpaired) electrons. The molecule has 1 aliphatic rings. The Morgan fingerprint density at radius 2 is 1.94 bits per heavy atom. The third-order valence-corrected chi connectivity index (χ3v) is 5.16. The molecular formula is C23H25N5O4. The molecule has 1 saturated heterocycles. The fraction of sp³-hybridized carbons (Fsp3) is 0.348. The second kappa shape index (κ2) is 9.59. The molecule has 0 saturated carbocycles. The van der Waals surface area contributed by atoms with Crippen LogP contribution in [0.5, 0.6) is 6.01 Å². The van der Waals surface area contributed by atoms with Crippen molar-refractivity contribution in [2.24, 2.45) is 5.92 Å². The minimum Gasteiger partial charge on any atom is -0.455 e. The minimum absolute atomic E-state index is 0.0616. The third kappa shape index (κ3) is 5.48. The molecule has 166 valence electrons. The van der Waals surface area contributed by atoms with Gasteiger partial charge in [0, 0.05) is 49.4 Å². The highest BCUT2D eigenvalue weighted by Crippen LogP contribution is 2.20. The molecule has 0 bridgehead atoms. The Kier molecular flexibility index (Phi) is 6.44. The number of ether oxygens (including phenoxy) is 1. The van der Waals surface area contributed by atoms with Gasteiger partial charge in [-0.05, 0) is 25.5 Å². The van der Waals surface area contributed by atoms with Gasteiger partial charge in [-0.1, -0.05) is 35.5 Å². The summed E-state index contributed by atoms with van der Waals surface area (Å²) < 4.78 is 10.7. The molecule has 9 heteroatoms. The molecule has 0 aliphatic carbocycles. The Balaban J connectivity index is 1.25. The predicted molar refractivity (Wildman–Crippen MR) is 115 cm³/mol. The van der Waals surface area contributed by atoms with Gasteiger partial charge in [0.1, 0.15) is 0 Å². The molecule has 32 heavy (non-hydrogen) atoms. The highest BCUT2D eigenvalue weighted by molar-refractivity contribution is 5.92. The van der Waals surface area contributed by atoms with E-state index in [0.29, 0.717) is 31.8 Å². The van der Waals surface area contributed by atoms with Crippen molar-refractivity contribution in [2.75, 3.05) is 13.1 Å². The molecule has 1 unspecified atom stereocenters. The van der Waals surface area contributed by atoms with Crippen molar-refractivity contribution >= 4 is 11.8 Å².